The summed E-state index contributed by atoms with van der Waals surface area (Å²) in [5, 5.41) is 3.73. The maximum atomic E-state index is 3.73. The summed E-state index contributed by atoms with van der Waals surface area (Å²) in [7, 11) is 0. The quantitative estimate of drug-likeness (QED) is 0.805. The molecule has 17 heavy (non-hydrogen) atoms. The fourth-order valence-electron chi connectivity index (χ4n) is 2.73. The fraction of sp³-hybridized carbons (Fsp3) is 0.625. The van der Waals surface area contributed by atoms with Gasteiger partial charge in [-0.05, 0) is 43.2 Å². The van der Waals surface area contributed by atoms with Crippen molar-refractivity contribution in [3.05, 3.63) is 35.4 Å². The topological polar surface area (TPSA) is 12.0 Å². The smallest absolute Gasteiger partial charge is 0.0354 e. The molecule has 1 aromatic rings. The number of hydrogen-bond acceptors (Lipinski definition) is 1. The van der Waals surface area contributed by atoms with E-state index in [1.165, 1.54) is 24.0 Å². The zero-order valence-electron chi connectivity index (χ0n) is 11.6. The van der Waals surface area contributed by atoms with Gasteiger partial charge in [-0.1, -0.05) is 50.6 Å². The average molecular weight is 231 g/mol. The highest BCUT2D eigenvalue weighted by atomic mass is 14.9. The van der Waals surface area contributed by atoms with Gasteiger partial charge in [0.15, 0.2) is 0 Å². The maximum absolute atomic E-state index is 3.73. The number of aryl methyl sites for hydroxylation is 1. The number of benzene rings is 1. The summed E-state index contributed by atoms with van der Waals surface area (Å²) in [5.41, 5.74) is 3.35. The Hall–Kier alpha value is -0.820. The van der Waals surface area contributed by atoms with Crippen LogP contribution in [0.15, 0.2) is 24.3 Å². The molecule has 0 saturated heterocycles. The maximum Gasteiger partial charge on any atom is 0.0354 e. The summed E-state index contributed by atoms with van der Waals surface area (Å²) in [6.45, 7) is 10.3. The molecule has 1 fully saturated rings. The largest absolute Gasteiger partial charge is 0.310 e. The Morgan fingerprint density at radius 1 is 1.41 bits per heavy atom. The fourth-order valence-corrected chi connectivity index (χ4v) is 2.73. The first-order valence-electron chi connectivity index (χ1n) is 6.84. The molecule has 1 heteroatoms. The molecule has 1 aliphatic carbocycles. The molecule has 2 rings (SSSR count). The Morgan fingerprint density at radius 2 is 2.12 bits per heavy atom. The van der Waals surface area contributed by atoms with E-state index in [0.29, 0.717) is 11.5 Å². The molecule has 1 aromatic carbocycles. The minimum Gasteiger partial charge on any atom is -0.310 e. The van der Waals surface area contributed by atoms with Gasteiger partial charge in [-0.15, -0.1) is 0 Å². The van der Waals surface area contributed by atoms with Crippen molar-refractivity contribution in [2.24, 2.45) is 11.3 Å². The van der Waals surface area contributed by atoms with Crippen LogP contribution < -0.4 is 5.32 Å². The van der Waals surface area contributed by atoms with Gasteiger partial charge in [0.1, 0.15) is 0 Å². The molecule has 0 aliphatic heterocycles. The van der Waals surface area contributed by atoms with Gasteiger partial charge in [0.2, 0.25) is 0 Å². The van der Waals surface area contributed by atoms with Crippen LogP contribution in [0.3, 0.4) is 0 Å². The highest BCUT2D eigenvalue weighted by molar-refractivity contribution is 5.27. The van der Waals surface area contributed by atoms with Gasteiger partial charge in [0.25, 0.3) is 0 Å². The summed E-state index contributed by atoms with van der Waals surface area (Å²) in [4.78, 5) is 0. The molecule has 0 spiro atoms. The van der Waals surface area contributed by atoms with Crippen LogP contribution in [0.25, 0.3) is 0 Å². The predicted molar refractivity (Wildman–Crippen MR) is 74.1 cm³/mol. The highest BCUT2D eigenvalue weighted by Gasteiger charge is 2.50. The van der Waals surface area contributed by atoms with Crippen LogP contribution in [0.1, 0.15) is 50.8 Å². The van der Waals surface area contributed by atoms with Crippen molar-refractivity contribution in [2.45, 2.75) is 46.6 Å². The second-order valence-corrected chi connectivity index (χ2v) is 6.15. The Balaban J connectivity index is 2.16. The Kier molecular flexibility index (Phi) is 3.58. The molecule has 0 amide bonds. The van der Waals surface area contributed by atoms with Crippen LogP contribution >= 0.6 is 0 Å². The van der Waals surface area contributed by atoms with Crippen molar-refractivity contribution >= 4 is 0 Å². The minimum absolute atomic E-state index is 0.523. The number of nitrogens with one attached hydrogen (secondary N) is 1. The third-order valence-corrected chi connectivity index (χ3v) is 4.01. The average Bonchev–Trinajstić information content (AvgIpc) is 2.88. The minimum atomic E-state index is 0.523. The molecule has 0 bridgehead atoms. The standard InChI is InChI=1S/C16H25N/c1-5-9-17-15(14-11-16(14,3)4)13-8-6-7-12(2)10-13/h6-8,10,14-15,17H,5,9,11H2,1-4H3. The van der Waals surface area contributed by atoms with Crippen molar-refractivity contribution in [1.29, 1.82) is 0 Å². The van der Waals surface area contributed by atoms with Gasteiger partial charge in [-0.2, -0.15) is 0 Å². The summed E-state index contributed by atoms with van der Waals surface area (Å²) in [6, 6.07) is 9.51. The van der Waals surface area contributed by atoms with Gasteiger partial charge >= 0.3 is 0 Å². The van der Waals surface area contributed by atoms with Crippen molar-refractivity contribution in [3.63, 3.8) is 0 Å². The summed E-state index contributed by atoms with van der Waals surface area (Å²) in [6.07, 6.45) is 2.55. The number of rotatable bonds is 5. The molecule has 94 valence electrons. The molecule has 0 heterocycles. The van der Waals surface area contributed by atoms with E-state index in [9.17, 15) is 0 Å². The molecule has 1 aliphatic rings. The number of hydrogen-bond donors (Lipinski definition) is 1. The van der Waals surface area contributed by atoms with Crippen molar-refractivity contribution < 1.29 is 0 Å². The Morgan fingerprint density at radius 3 is 2.65 bits per heavy atom. The van der Waals surface area contributed by atoms with Crippen LogP contribution in [-0.4, -0.2) is 6.54 Å². The summed E-state index contributed by atoms with van der Waals surface area (Å²) >= 11 is 0. The summed E-state index contributed by atoms with van der Waals surface area (Å²) < 4.78 is 0. The second kappa shape index (κ2) is 4.81. The monoisotopic (exact) mass is 231 g/mol. The third kappa shape index (κ3) is 2.90. The van der Waals surface area contributed by atoms with E-state index in [-0.39, 0.29) is 0 Å². The third-order valence-electron chi connectivity index (χ3n) is 4.01. The zero-order valence-corrected chi connectivity index (χ0v) is 11.6. The lowest BCUT2D eigenvalue weighted by Gasteiger charge is -2.21. The second-order valence-electron chi connectivity index (χ2n) is 6.15. The molecule has 1 nitrogen and oxygen atoms in total. The van der Waals surface area contributed by atoms with Gasteiger partial charge in [0, 0.05) is 6.04 Å². The first-order chi connectivity index (χ1) is 8.04. The van der Waals surface area contributed by atoms with Gasteiger partial charge in [-0.25, -0.2) is 0 Å². The molecular weight excluding hydrogens is 206 g/mol. The summed E-state index contributed by atoms with van der Waals surface area (Å²) in [5.74, 6) is 0.802. The van der Waals surface area contributed by atoms with Crippen LogP contribution in [0.5, 0.6) is 0 Å². The lowest BCUT2D eigenvalue weighted by Crippen LogP contribution is -2.25. The van der Waals surface area contributed by atoms with Crippen molar-refractivity contribution in [3.8, 4) is 0 Å². The van der Waals surface area contributed by atoms with E-state index in [4.69, 9.17) is 0 Å². The van der Waals surface area contributed by atoms with Crippen LogP contribution in [-0.2, 0) is 0 Å². The van der Waals surface area contributed by atoms with Gasteiger partial charge < -0.3 is 5.32 Å². The molecule has 0 aromatic heterocycles. The molecular formula is C16H25N. The van der Waals surface area contributed by atoms with E-state index in [0.717, 1.165) is 12.5 Å². The molecule has 0 radical (unpaired) electrons. The van der Waals surface area contributed by atoms with Crippen LogP contribution in [0.4, 0.5) is 0 Å². The van der Waals surface area contributed by atoms with E-state index < -0.39 is 0 Å². The van der Waals surface area contributed by atoms with Gasteiger partial charge in [-0.3, -0.25) is 0 Å². The van der Waals surface area contributed by atoms with Crippen molar-refractivity contribution in [1.82, 2.24) is 5.32 Å². The lowest BCUT2D eigenvalue weighted by atomic mass is 9.96. The highest BCUT2D eigenvalue weighted by Crippen LogP contribution is 2.57. The Bertz CT molecular complexity index is 381. The molecule has 1 N–H and O–H groups in total. The first-order valence-corrected chi connectivity index (χ1v) is 6.84. The van der Waals surface area contributed by atoms with E-state index >= 15 is 0 Å². The SMILES string of the molecule is CCCNC(c1cccc(C)c1)C1CC1(C)C. The molecule has 1 saturated carbocycles. The van der Waals surface area contributed by atoms with E-state index in [2.05, 4.69) is 57.3 Å². The van der Waals surface area contributed by atoms with Gasteiger partial charge in [0.05, 0.1) is 0 Å². The van der Waals surface area contributed by atoms with Crippen LogP contribution in [0, 0.1) is 18.3 Å². The van der Waals surface area contributed by atoms with Crippen molar-refractivity contribution in [2.75, 3.05) is 6.54 Å². The normalized spacial score (nSPS) is 23.4. The Labute approximate surface area is 106 Å². The molecule has 2 unspecified atom stereocenters. The first kappa shape index (κ1) is 12.6. The zero-order chi connectivity index (χ0) is 12.5. The van der Waals surface area contributed by atoms with Crippen LogP contribution in [0.2, 0.25) is 0 Å². The predicted octanol–water partition coefficient (Wildman–Crippen LogP) is 4.08. The lowest BCUT2D eigenvalue weighted by molar-refractivity contribution is 0.416. The molecule has 2 atom stereocenters. The van der Waals surface area contributed by atoms with E-state index in [1.54, 1.807) is 0 Å². The van der Waals surface area contributed by atoms with E-state index in [1.807, 2.05) is 0 Å².